The van der Waals surface area contributed by atoms with E-state index in [2.05, 4.69) is 4.98 Å². The Morgan fingerprint density at radius 3 is 2.50 bits per heavy atom. The highest BCUT2D eigenvalue weighted by Gasteiger charge is 2.64. The molecule has 3 aliphatic carbocycles. The van der Waals surface area contributed by atoms with Crippen molar-refractivity contribution >= 4 is 23.2 Å². The van der Waals surface area contributed by atoms with Gasteiger partial charge in [-0.1, -0.05) is 6.07 Å². The van der Waals surface area contributed by atoms with Crippen LogP contribution in [0.2, 0.25) is 0 Å². The van der Waals surface area contributed by atoms with Crippen LogP contribution in [0.15, 0.2) is 47.5 Å². The molecule has 0 bridgehead atoms. The molecule has 1 heterocycles. The van der Waals surface area contributed by atoms with Gasteiger partial charge in [-0.25, -0.2) is 0 Å². The molecule has 3 aliphatic rings. The Morgan fingerprint density at radius 2 is 1.87 bits per heavy atom. The van der Waals surface area contributed by atoms with Gasteiger partial charge in [0.25, 0.3) is 5.91 Å². The number of benzene rings is 1. The van der Waals surface area contributed by atoms with E-state index < -0.39 is 58.0 Å². The molecule has 11 nitrogen and oxygen atoms in total. The van der Waals surface area contributed by atoms with Crippen molar-refractivity contribution in [1.29, 1.82) is 0 Å². The topological polar surface area (TPSA) is 184 Å². The molecule has 1 saturated carbocycles. The lowest BCUT2D eigenvalue weighted by atomic mass is 9.57. The number of phenols is 1. The summed E-state index contributed by atoms with van der Waals surface area (Å²) in [5.74, 6) is -6.40. The summed E-state index contributed by atoms with van der Waals surface area (Å²) in [6.07, 6.45) is 3.32. The van der Waals surface area contributed by atoms with E-state index in [1.54, 1.807) is 38.6 Å². The zero-order valence-electron chi connectivity index (χ0n) is 20.9. The number of aliphatic hydroxyl groups is 3. The standard InChI is InChI=1S/C27H27N3O8/c1-30(2)21-15-9-11-8-13-12(14-10-29-7-6-17(14)38-3)4-5-16(31)19(13)22(32)18(11)24(34)27(15,37)25(35)20(23(21)33)26(28)36/h4-7,10-11,15,21,31-32,35,37H,8-9H2,1-3H3,(H2,28,36)/t11-,15-,21-,27-/m1/s1. The second-order valence-corrected chi connectivity index (χ2v) is 10.0. The minimum Gasteiger partial charge on any atom is -0.508 e. The van der Waals surface area contributed by atoms with Crippen molar-refractivity contribution in [2.45, 2.75) is 24.5 Å². The molecule has 2 aromatic rings. The molecule has 4 atom stereocenters. The van der Waals surface area contributed by atoms with Crippen LogP contribution in [0.5, 0.6) is 11.5 Å². The van der Waals surface area contributed by atoms with Gasteiger partial charge in [0.2, 0.25) is 5.78 Å². The van der Waals surface area contributed by atoms with E-state index in [-0.39, 0.29) is 29.7 Å². The highest BCUT2D eigenvalue weighted by atomic mass is 16.5. The van der Waals surface area contributed by atoms with Gasteiger partial charge in [-0.3, -0.25) is 24.3 Å². The van der Waals surface area contributed by atoms with Gasteiger partial charge in [0.15, 0.2) is 11.4 Å². The first-order chi connectivity index (χ1) is 17.9. The molecule has 0 saturated heterocycles. The number of aromatic hydroxyl groups is 1. The molecular weight excluding hydrogens is 494 g/mol. The Morgan fingerprint density at radius 1 is 1.16 bits per heavy atom. The van der Waals surface area contributed by atoms with Gasteiger partial charge in [-0.2, -0.15) is 0 Å². The van der Waals surface area contributed by atoms with E-state index in [0.29, 0.717) is 22.4 Å². The number of carbonyl (C=O) groups excluding carboxylic acids is 3. The largest absolute Gasteiger partial charge is 0.508 e. The molecule has 0 aliphatic heterocycles. The molecule has 0 spiro atoms. The second-order valence-electron chi connectivity index (χ2n) is 10.0. The SMILES string of the molecule is COc1ccncc1-c1ccc(O)c2c1C[C@@H]1C[C@@H]3[C@@H](N(C)C)C(=O)C(C(N)=O)=C(O)[C@]3(O)C(=O)C1=C2O. The molecule has 6 N–H and O–H groups in total. The van der Waals surface area contributed by atoms with Gasteiger partial charge < -0.3 is 30.9 Å². The summed E-state index contributed by atoms with van der Waals surface area (Å²) in [5.41, 5.74) is 3.37. The molecule has 198 valence electrons. The summed E-state index contributed by atoms with van der Waals surface area (Å²) in [6.45, 7) is 0. The Kier molecular flexibility index (Phi) is 5.80. The van der Waals surface area contributed by atoms with E-state index in [4.69, 9.17) is 10.5 Å². The minimum atomic E-state index is -2.68. The van der Waals surface area contributed by atoms with Gasteiger partial charge >= 0.3 is 0 Å². The number of Topliss-reactive ketones (excluding diaryl/α,β-unsaturated/α-hetero) is 2. The average Bonchev–Trinajstić information content (AvgIpc) is 2.86. The van der Waals surface area contributed by atoms with Gasteiger partial charge in [-0.05, 0) is 56.1 Å². The number of nitrogens with two attached hydrogens (primary N) is 1. The van der Waals surface area contributed by atoms with Crippen molar-refractivity contribution in [3.8, 4) is 22.6 Å². The molecule has 11 heteroatoms. The number of ether oxygens (including phenoxy) is 1. The third-order valence-electron chi connectivity index (χ3n) is 7.90. The Balaban J connectivity index is 1.75. The highest BCUT2D eigenvalue weighted by molar-refractivity contribution is 6.24. The number of nitrogens with zero attached hydrogens (tertiary/aromatic N) is 2. The number of primary amides is 1. The van der Waals surface area contributed by atoms with Crippen molar-refractivity contribution in [2.75, 3.05) is 21.2 Å². The predicted molar refractivity (Wildman–Crippen MR) is 134 cm³/mol. The molecular formula is C27H27N3O8. The average molecular weight is 522 g/mol. The number of carbonyl (C=O) groups is 3. The summed E-state index contributed by atoms with van der Waals surface area (Å²) in [7, 11) is 4.61. The number of aromatic nitrogens is 1. The van der Waals surface area contributed by atoms with Crippen LogP contribution < -0.4 is 10.5 Å². The van der Waals surface area contributed by atoms with E-state index in [1.807, 2.05) is 0 Å². The molecule has 1 amide bonds. The maximum absolute atomic E-state index is 13.9. The third-order valence-corrected chi connectivity index (χ3v) is 7.90. The van der Waals surface area contributed by atoms with Crippen LogP contribution in [0.1, 0.15) is 17.5 Å². The summed E-state index contributed by atoms with van der Waals surface area (Å²) < 4.78 is 5.47. The Hall–Kier alpha value is -4.22. The van der Waals surface area contributed by atoms with E-state index in [1.165, 1.54) is 18.1 Å². The Bertz CT molecular complexity index is 1480. The molecule has 1 aromatic carbocycles. The number of hydrogen-bond donors (Lipinski definition) is 5. The van der Waals surface area contributed by atoms with Crippen molar-refractivity contribution in [1.82, 2.24) is 9.88 Å². The van der Waals surface area contributed by atoms with E-state index >= 15 is 0 Å². The van der Waals surface area contributed by atoms with Crippen LogP contribution in [-0.2, 0) is 20.8 Å². The number of likely N-dealkylation sites (N-methyl/N-ethyl adjacent to an activating group) is 1. The molecule has 38 heavy (non-hydrogen) atoms. The highest BCUT2D eigenvalue weighted by Crippen LogP contribution is 2.53. The van der Waals surface area contributed by atoms with Crippen LogP contribution in [0.4, 0.5) is 0 Å². The number of fused-ring (bicyclic) bond motifs is 3. The monoisotopic (exact) mass is 521 g/mol. The number of amides is 1. The minimum absolute atomic E-state index is 0.00435. The number of pyridine rings is 1. The van der Waals surface area contributed by atoms with Crippen LogP contribution in [0.3, 0.4) is 0 Å². The van der Waals surface area contributed by atoms with Crippen LogP contribution >= 0.6 is 0 Å². The quantitative estimate of drug-likeness (QED) is 0.364. The fourth-order valence-corrected chi connectivity index (χ4v) is 6.26. The number of phenolic OH excluding ortho intramolecular Hbond substituents is 1. The van der Waals surface area contributed by atoms with Crippen LogP contribution in [0, 0.1) is 11.8 Å². The van der Waals surface area contributed by atoms with Crippen LogP contribution in [0.25, 0.3) is 16.9 Å². The summed E-state index contributed by atoms with van der Waals surface area (Å²) >= 11 is 0. The zero-order valence-corrected chi connectivity index (χ0v) is 20.9. The maximum Gasteiger partial charge on any atom is 0.255 e. The van der Waals surface area contributed by atoms with Gasteiger partial charge in [0.05, 0.1) is 18.7 Å². The number of ketones is 2. The molecule has 1 aromatic heterocycles. The van der Waals surface area contributed by atoms with Crippen LogP contribution in [-0.4, -0.2) is 80.6 Å². The van der Waals surface area contributed by atoms with Gasteiger partial charge in [0, 0.05) is 29.4 Å². The Labute approximate surface area is 217 Å². The molecule has 5 rings (SSSR count). The molecule has 0 radical (unpaired) electrons. The van der Waals surface area contributed by atoms with Gasteiger partial charge in [-0.15, -0.1) is 0 Å². The van der Waals surface area contributed by atoms with E-state index in [9.17, 15) is 34.8 Å². The first-order valence-electron chi connectivity index (χ1n) is 11.9. The normalized spacial score (nSPS) is 26.7. The second kappa shape index (κ2) is 8.67. The van der Waals surface area contributed by atoms with Crippen molar-refractivity contribution in [3.63, 3.8) is 0 Å². The van der Waals surface area contributed by atoms with Crippen molar-refractivity contribution in [2.24, 2.45) is 17.6 Å². The van der Waals surface area contributed by atoms with E-state index in [0.717, 1.165) is 0 Å². The lowest BCUT2D eigenvalue weighted by Gasteiger charge is -2.50. The first kappa shape index (κ1) is 25.4. The fourth-order valence-electron chi connectivity index (χ4n) is 6.26. The van der Waals surface area contributed by atoms with Crippen molar-refractivity contribution < 1.29 is 39.5 Å². The van der Waals surface area contributed by atoms with Gasteiger partial charge in [0.1, 0.15) is 28.6 Å². The number of methoxy groups -OCH3 is 1. The number of aliphatic hydroxyl groups excluding tert-OH is 2. The third kappa shape index (κ3) is 3.28. The summed E-state index contributed by atoms with van der Waals surface area (Å²) in [5, 5.41) is 44.7. The predicted octanol–water partition coefficient (Wildman–Crippen LogP) is 1.03. The molecule has 1 fully saturated rings. The zero-order chi connectivity index (χ0) is 27.7. The lowest BCUT2D eigenvalue weighted by molar-refractivity contribution is -0.153. The smallest absolute Gasteiger partial charge is 0.255 e. The fraction of sp³-hybridized carbons (Fsp3) is 0.333. The lowest BCUT2D eigenvalue weighted by Crippen LogP contribution is -2.65. The number of rotatable bonds is 4. The maximum atomic E-state index is 13.9. The van der Waals surface area contributed by atoms with Crippen molar-refractivity contribution in [3.05, 3.63) is 58.6 Å². The summed E-state index contributed by atoms with van der Waals surface area (Å²) in [4.78, 5) is 44.8. The number of hydrogen-bond acceptors (Lipinski definition) is 10. The first-order valence-corrected chi connectivity index (χ1v) is 11.9. The molecule has 0 unspecified atom stereocenters. The summed E-state index contributed by atoms with van der Waals surface area (Å²) in [6, 6.07) is 3.55.